The van der Waals surface area contributed by atoms with Gasteiger partial charge in [0.2, 0.25) is 10.0 Å². The first-order valence-corrected chi connectivity index (χ1v) is 12.1. The summed E-state index contributed by atoms with van der Waals surface area (Å²) in [4.78, 5) is 12.9. The van der Waals surface area contributed by atoms with E-state index in [9.17, 15) is 13.2 Å². The molecule has 0 aliphatic carbocycles. The van der Waals surface area contributed by atoms with E-state index in [0.29, 0.717) is 18.7 Å². The maximum Gasteiger partial charge on any atom is 0.251 e. The molecule has 1 fully saturated rings. The molecule has 2 aromatic carbocycles. The Balaban J connectivity index is 1.83. The lowest BCUT2D eigenvalue weighted by Gasteiger charge is -2.32. The van der Waals surface area contributed by atoms with Gasteiger partial charge in [0.05, 0.1) is 7.11 Å². The van der Waals surface area contributed by atoms with Gasteiger partial charge in [0.1, 0.15) is 10.6 Å². The van der Waals surface area contributed by atoms with Gasteiger partial charge in [-0.15, -0.1) is 0 Å². The predicted molar refractivity (Wildman–Crippen MR) is 122 cm³/mol. The Morgan fingerprint density at radius 2 is 1.87 bits per heavy atom. The van der Waals surface area contributed by atoms with Crippen LogP contribution in [0.1, 0.15) is 56.0 Å². The van der Waals surface area contributed by atoms with Crippen LogP contribution in [0.4, 0.5) is 0 Å². The molecule has 1 amide bonds. The van der Waals surface area contributed by atoms with Crippen LogP contribution in [0.5, 0.6) is 5.75 Å². The number of carbonyl (C=O) groups is 1. The number of amides is 1. The van der Waals surface area contributed by atoms with Crippen molar-refractivity contribution in [3.05, 3.63) is 59.7 Å². The molecule has 1 aliphatic rings. The van der Waals surface area contributed by atoms with Crippen molar-refractivity contribution in [3.8, 4) is 5.75 Å². The first-order chi connectivity index (χ1) is 14.7. The zero-order valence-corrected chi connectivity index (χ0v) is 19.5. The van der Waals surface area contributed by atoms with Crippen LogP contribution in [0.2, 0.25) is 0 Å². The molecule has 31 heavy (non-hydrogen) atoms. The van der Waals surface area contributed by atoms with E-state index in [1.165, 1.54) is 17.5 Å². The van der Waals surface area contributed by atoms with Gasteiger partial charge in [0.25, 0.3) is 5.91 Å². The largest absolute Gasteiger partial charge is 0.495 e. The van der Waals surface area contributed by atoms with Crippen molar-refractivity contribution >= 4 is 15.9 Å². The highest BCUT2D eigenvalue weighted by atomic mass is 32.2. The van der Waals surface area contributed by atoms with Crippen molar-refractivity contribution in [3.63, 3.8) is 0 Å². The van der Waals surface area contributed by atoms with Gasteiger partial charge in [0, 0.05) is 30.1 Å². The van der Waals surface area contributed by atoms with E-state index < -0.39 is 10.0 Å². The second-order valence-corrected chi connectivity index (χ2v) is 10.6. The van der Waals surface area contributed by atoms with Crippen molar-refractivity contribution in [2.45, 2.75) is 56.4 Å². The summed E-state index contributed by atoms with van der Waals surface area (Å²) >= 11 is 0. The molecule has 168 valence electrons. The highest BCUT2D eigenvalue weighted by Gasteiger charge is 2.33. The fraction of sp³-hybridized carbons (Fsp3) is 0.458. The molecule has 3 rings (SSSR count). The number of benzene rings is 2. The molecule has 1 saturated heterocycles. The molecule has 0 aromatic heterocycles. The zero-order valence-electron chi connectivity index (χ0n) is 18.7. The van der Waals surface area contributed by atoms with Gasteiger partial charge < -0.3 is 10.1 Å². The lowest BCUT2D eigenvalue weighted by atomic mass is 9.84. The van der Waals surface area contributed by atoms with Crippen LogP contribution in [0.3, 0.4) is 0 Å². The molecule has 1 atom stereocenters. The molecule has 0 saturated carbocycles. The van der Waals surface area contributed by atoms with Gasteiger partial charge >= 0.3 is 0 Å². The number of hydrogen-bond acceptors (Lipinski definition) is 4. The molecule has 1 aliphatic heterocycles. The fourth-order valence-electron chi connectivity index (χ4n) is 3.97. The van der Waals surface area contributed by atoms with Crippen LogP contribution in [0, 0.1) is 0 Å². The van der Waals surface area contributed by atoms with Crippen LogP contribution in [0.25, 0.3) is 0 Å². The van der Waals surface area contributed by atoms with Crippen LogP contribution in [-0.2, 0) is 15.4 Å². The average Bonchev–Trinajstić information content (AvgIpc) is 2.77. The molecule has 2 aromatic rings. The summed E-state index contributed by atoms with van der Waals surface area (Å²) in [5.74, 6) is -0.0614. The van der Waals surface area contributed by atoms with Crippen LogP contribution in [0.15, 0.2) is 53.4 Å². The molecular formula is C24H32N2O4S. The number of methoxy groups -OCH3 is 1. The second-order valence-electron chi connectivity index (χ2n) is 8.76. The van der Waals surface area contributed by atoms with Crippen LogP contribution < -0.4 is 10.1 Å². The summed E-state index contributed by atoms with van der Waals surface area (Å²) in [6.07, 6.45) is 2.68. The quantitative estimate of drug-likeness (QED) is 0.701. The van der Waals surface area contributed by atoms with Crippen LogP contribution in [-0.4, -0.2) is 44.9 Å². The van der Waals surface area contributed by atoms with Crippen molar-refractivity contribution in [1.29, 1.82) is 0 Å². The van der Waals surface area contributed by atoms with Gasteiger partial charge in [-0.2, -0.15) is 4.31 Å². The maximum absolute atomic E-state index is 13.4. The van der Waals surface area contributed by atoms with E-state index in [2.05, 4.69) is 19.2 Å². The van der Waals surface area contributed by atoms with E-state index in [-0.39, 0.29) is 28.0 Å². The first-order valence-electron chi connectivity index (χ1n) is 10.7. The zero-order chi connectivity index (χ0) is 22.6. The molecular weight excluding hydrogens is 412 g/mol. The van der Waals surface area contributed by atoms with Gasteiger partial charge in [-0.25, -0.2) is 8.42 Å². The summed E-state index contributed by atoms with van der Waals surface area (Å²) in [6.45, 7) is 6.95. The molecule has 1 unspecified atom stereocenters. The summed E-state index contributed by atoms with van der Waals surface area (Å²) < 4.78 is 33.6. The van der Waals surface area contributed by atoms with Crippen molar-refractivity contribution < 1.29 is 17.9 Å². The number of nitrogens with one attached hydrogen (secondary N) is 1. The molecule has 7 heteroatoms. The summed E-state index contributed by atoms with van der Waals surface area (Å²) in [5, 5.41) is 2.95. The Hall–Kier alpha value is -2.38. The number of hydrogen-bond donors (Lipinski definition) is 1. The Morgan fingerprint density at radius 1 is 1.16 bits per heavy atom. The molecule has 1 heterocycles. The summed E-state index contributed by atoms with van der Waals surface area (Å²) in [7, 11) is -2.33. The normalized spacial score (nSPS) is 17.9. The standard InChI is InChI=1S/C24H32N2O4S/c1-18-10-8-9-15-26(18)31(28,29)22-16-19(13-14-21(22)30-4)23(27)25-17-24(2,3)20-11-6-5-7-12-20/h5-7,11-14,16,18H,8-10,15,17H2,1-4H3,(H,25,27). The van der Waals surface area contributed by atoms with Crippen LogP contribution >= 0.6 is 0 Å². The molecule has 0 radical (unpaired) electrons. The van der Waals surface area contributed by atoms with Crippen molar-refractivity contribution in [1.82, 2.24) is 9.62 Å². The van der Waals surface area contributed by atoms with Crippen molar-refractivity contribution in [2.24, 2.45) is 0 Å². The first kappa shape index (κ1) is 23.3. The lowest BCUT2D eigenvalue weighted by Crippen LogP contribution is -2.42. The SMILES string of the molecule is COc1ccc(C(=O)NCC(C)(C)c2ccccc2)cc1S(=O)(=O)N1CCCCC1C. The number of carbonyl (C=O) groups excluding carboxylic acids is 1. The maximum atomic E-state index is 13.4. The van der Waals surface area contributed by atoms with E-state index in [0.717, 1.165) is 24.8 Å². The molecule has 1 N–H and O–H groups in total. The van der Waals surface area contributed by atoms with Gasteiger partial charge in [0.15, 0.2) is 0 Å². The highest BCUT2D eigenvalue weighted by molar-refractivity contribution is 7.89. The smallest absolute Gasteiger partial charge is 0.251 e. The number of piperidine rings is 1. The fourth-order valence-corrected chi connectivity index (χ4v) is 5.85. The second kappa shape index (κ2) is 9.40. The minimum absolute atomic E-state index is 0.0405. The highest BCUT2D eigenvalue weighted by Crippen LogP contribution is 2.32. The lowest BCUT2D eigenvalue weighted by molar-refractivity contribution is 0.0945. The summed E-state index contributed by atoms with van der Waals surface area (Å²) in [6, 6.07) is 14.5. The predicted octanol–water partition coefficient (Wildman–Crippen LogP) is 3.97. The average molecular weight is 445 g/mol. The number of sulfonamides is 1. The Kier molecular flexibility index (Phi) is 7.06. The third-order valence-electron chi connectivity index (χ3n) is 6.00. The minimum atomic E-state index is -3.77. The topological polar surface area (TPSA) is 75.7 Å². The third-order valence-corrected chi connectivity index (χ3v) is 8.04. The monoisotopic (exact) mass is 444 g/mol. The third kappa shape index (κ3) is 5.10. The molecule has 0 spiro atoms. The molecule has 0 bridgehead atoms. The summed E-state index contributed by atoms with van der Waals surface area (Å²) in [5.41, 5.74) is 1.15. The Labute approximate surface area is 185 Å². The molecule has 6 nitrogen and oxygen atoms in total. The van der Waals surface area contributed by atoms with E-state index in [1.54, 1.807) is 12.1 Å². The number of rotatable bonds is 7. The minimum Gasteiger partial charge on any atom is -0.495 e. The Bertz CT molecular complexity index is 1020. The number of ether oxygens (including phenoxy) is 1. The van der Waals surface area contributed by atoms with E-state index >= 15 is 0 Å². The van der Waals surface area contributed by atoms with E-state index in [1.807, 2.05) is 37.3 Å². The number of nitrogens with zero attached hydrogens (tertiary/aromatic N) is 1. The van der Waals surface area contributed by atoms with E-state index in [4.69, 9.17) is 4.74 Å². The van der Waals surface area contributed by atoms with Gasteiger partial charge in [-0.1, -0.05) is 50.6 Å². The van der Waals surface area contributed by atoms with Gasteiger partial charge in [-0.05, 0) is 43.5 Å². The van der Waals surface area contributed by atoms with Crippen molar-refractivity contribution in [2.75, 3.05) is 20.2 Å². The Morgan fingerprint density at radius 3 is 2.52 bits per heavy atom. The van der Waals surface area contributed by atoms with Gasteiger partial charge in [-0.3, -0.25) is 4.79 Å².